The summed E-state index contributed by atoms with van der Waals surface area (Å²) in [4.78, 5) is 17.1. The fourth-order valence-corrected chi connectivity index (χ4v) is 4.36. The summed E-state index contributed by atoms with van der Waals surface area (Å²) in [6.45, 7) is 1.88. The minimum Gasteiger partial charge on any atom is -0.304 e. The van der Waals surface area contributed by atoms with E-state index in [4.69, 9.17) is 0 Å². The van der Waals surface area contributed by atoms with E-state index in [2.05, 4.69) is 10.3 Å². The van der Waals surface area contributed by atoms with Crippen molar-refractivity contribution in [2.45, 2.75) is 38.3 Å². The van der Waals surface area contributed by atoms with Gasteiger partial charge in [-0.3, -0.25) is 9.78 Å². The summed E-state index contributed by atoms with van der Waals surface area (Å²) in [7, 11) is 0. The van der Waals surface area contributed by atoms with E-state index in [-0.39, 0.29) is 42.1 Å². The molecule has 0 spiro atoms. The number of hydrogen-bond acceptors (Lipinski definition) is 3. The lowest BCUT2D eigenvalue weighted by Crippen LogP contribution is -2.28. The second-order valence-electron chi connectivity index (χ2n) is 8.01. The van der Waals surface area contributed by atoms with Gasteiger partial charge in [0.25, 0.3) is 0 Å². The van der Waals surface area contributed by atoms with Crippen molar-refractivity contribution >= 4 is 5.78 Å². The molecule has 1 aliphatic carbocycles. The van der Waals surface area contributed by atoms with Gasteiger partial charge in [0, 0.05) is 37.2 Å². The van der Waals surface area contributed by atoms with E-state index < -0.39 is 17.6 Å². The Kier molecular flexibility index (Phi) is 6.18. The highest BCUT2D eigenvalue weighted by Crippen LogP contribution is 2.39. The van der Waals surface area contributed by atoms with E-state index in [9.17, 15) is 18.0 Å². The van der Waals surface area contributed by atoms with Crippen LogP contribution in [0.4, 0.5) is 13.2 Å². The van der Waals surface area contributed by atoms with Gasteiger partial charge >= 0.3 is 0 Å². The molecule has 31 heavy (non-hydrogen) atoms. The van der Waals surface area contributed by atoms with Gasteiger partial charge in [0.2, 0.25) is 0 Å². The maximum Gasteiger partial charge on any atom is 0.146 e. The number of nitrogens with zero attached hydrogens (tertiary/aromatic N) is 1. The Morgan fingerprint density at radius 2 is 1.90 bits per heavy atom. The number of pyridine rings is 1. The molecule has 1 heterocycles. The Morgan fingerprint density at radius 3 is 2.68 bits per heavy atom. The monoisotopic (exact) mass is 424 g/mol. The second-order valence-corrected chi connectivity index (χ2v) is 8.01. The van der Waals surface area contributed by atoms with Crippen LogP contribution in [0.25, 0.3) is 0 Å². The predicted molar refractivity (Wildman–Crippen MR) is 112 cm³/mol. The van der Waals surface area contributed by atoms with Crippen LogP contribution in [-0.4, -0.2) is 10.8 Å². The van der Waals surface area contributed by atoms with Crippen molar-refractivity contribution < 1.29 is 18.0 Å². The van der Waals surface area contributed by atoms with E-state index in [0.29, 0.717) is 12.1 Å². The van der Waals surface area contributed by atoms with Gasteiger partial charge in [0.15, 0.2) is 0 Å². The minimum atomic E-state index is -0.712. The summed E-state index contributed by atoms with van der Waals surface area (Å²) in [6, 6.07) is 14.0. The Bertz CT molecular complexity index is 1100. The first-order valence-corrected chi connectivity index (χ1v) is 10.3. The van der Waals surface area contributed by atoms with Crippen LogP contribution in [0.15, 0.2) is 60.8 Å². The summed E-state index contributed by atoms with van der Waals surface area (Å²) < 4.78 is 41.4. The SMILES string of the molecule is C[C@H](C(=O)C[C@H]1Cc2ccccc2[C@@H]1NCc1ncccc1F)c1ccc(F)cc1F. The molecule has 1 aliphatic rings. The standard InChI is InChI=1S/C25H23F3N2O/c1-15(19-9-8-18(26)13-22(19)28)24(31)12-17-11-16-5-2-3-6-20(16)25(17)30-14-23-21(27)7-4-10-29-23/h2-10,13,15,17,25,30H,11-12,14H2,1H3/t15-,17+,25+/m0/s1. The van der Waals surface area contributed by atoms with E-state index in [1.54, 1.807) is 19.2 Å². The van der Waals surface area contributed by atoms with Crippen LogP contribution in [0.3, 0.4) is 0 Å². The molecular weight excluding hydrogens is 401 g/mol. The second kappa shape index (κ2) is 9.02. The molecule has 2 aromatic carbocycles. The number of carbonyl (C=O) groups is 1. The van der Waals surface area contributed by atoms with Crippen LogP contribution in [0, 0.1) is 23.4 Å². The van der Waals surface area contributed by atoms with Gasteiger partial charge < -0.3 is 5.32 Å². The maximum absolute atomic E-state index is 14.2. The molecule has 3 nitrogen and oxygen atoms in total. The Balaban J connectivity index is 1.52. The lowest BCUT2D eigenvalue weighted by molar-refractivity contribution is -0.121. The molecule has 0 saturated heterocycles. The zero-order chi connectivity index (χ0) is 22.0. The van der Waals surface area contributed by atoms with Crippen LogP contribution in [0.2, 0.25) is 0 Å². The topological polar surface area (TPSA) is 42.0 Å². The van der Waals surface area contributed by atoms with E-state index in [0.717, 1.165) is 17.2 Å². The molecule has 1 N–H and O–H groups in total. The summed E-state index contributed by atoms with van der Waals surface area (Å²) in [5, 5.41) is 3.37. The number of ketones is 1. The van der Waals surface area contributed by atoms with Gasteiger partial charge in [-0.05, 0) is 47.2 Å². The predicted octanol–water partition coefficient (Wildman–Crippen LogP) is 5.27. The molecule has 3 aromatic rings. The molecule has 0 radical (unpaired) electrons. The zero-order valence-corrected chi connectivity index (χ0v) is 17.1. The van der Waals surface area contributed by atoms with Crippen molar-refractivity contribution in [1.82, 2.24) is 10.3 Å². The summed E-state index contributed by atoms with van der Waals surface area (Å²) >= 11 is 0. The average molecular weight is 424 g/mol. The molecule has 160 valence electrons. The van der Waals surface area contributed by atoms with E-state index in [1.165, 1.54) is 18.2 Å². The molecule has 6 heteroatoms. The van der Waals surface area contributed by atoms with Gasteiger partial charge in [-0.2, -0.15) is 0 Å². The fraction of sp³-hybridized carbons (Fsp3) is 0.280. The third-order valence-corrected chi connectivity index (χ3v) is 6.04. The first kappa shape index (κ1) is 21.2. The zero-order valence-electron chi connectivity index (χ0n) is 17.1. The molecule has 4 rings (SSSR count). The largest absolute Gasteiger partial charge is 0.304 e. The molecular formula is C25H23F3N2O. The highest BCUT2D eigenvalue weighted by Gasteiger charge is 2.34. The lowest BCUT2D eigenvalue weighted by Gasteiger charge is -2.23. The third kappa shape index (κ3) is 4.54. The summed E-state index contributed by atoms with van der Waals surface area (Å²) in [5.74, 6) is -2.61. The number of nitrogens with one attached hydrogen (secondary N) is 1. The first-order valence-electron chi connectivity index (χ1n) is 10.3. The molecule has 3 atom stereocenters. The van der Waals surface area contributed by atoms with Crippen molar-refractivity contribution in [2.75, 3.05) is 0 Å². The van der Waals surface area contributed by atoms with Crippen molar-refractivity contribution in [2.24, 2.45) is 5.92 Å². The Morgan fingerprint density at radius 1 is 1.10 bits per heavy atom. The number of Topliss-reactive ketones (excluding diaryl/α,β-unsaturated/α-hetero) is 1. The number of fused-ring (bicyclic) bond motifs is 1. The molecule has 0 aliphatic heterocycles. The number of aromatic nitrogens is 1. The van der Waals surface area contributed by atoms with E-state index >= 15 is 0 Å². The summed E-state index contributed by atoms with van der Waals surface area (Å²) in [5.41, 5.74) is 2.73. The minimum absolute atomic E-state index is 0.0531. The van der Waals surface area contributed by atoms with Crippen LogP contribution in [0.1, 0.15) is 47.7 Å². The number of benzene rings is 2. The molecule has 0 saturated carbocycles. The van der Waals surface area contributed by atoms with Gasteiger partial charge in [0.05, 0.1) is 5.69 Å². The van der Waals surface area contributed by atoms with Crippen LogP contribution in [-0.2, 0) is 17.8 Å². The van der Waals surface area contributed by atoms with Gasteiger partial charge in [0.1, 0.15) is 23.2 Å². The van der Waals surface area contributed by atoms with Gasteiger partial charge in [-0.25, -0.2) is 13.2 Å². The molecule has 1 aromatic heterocycles. The quantitative estimate of drug-likeness (QED) is 0.562. The normalized spacial score (nSPS) is 18.6. The Hall–Kier alpha value is -2.99. The van der Waals surface area contributed by atoms with Crippen LogP contribution >= 0.6 is 0 Å². The van der Waals surface area contributed by atoms with Crippen LogP contribution in [0.5, 0.6) is 0 Å². The smallest absolute Gasteiger partial charge is 0.146 e. The summed E-state index contributed by atoms with van der Waals surface area (Å²) in [6.07, 6.45) is 2.47. The van der Waals surface area contributed by atoms with Gasteiger partial charge in [-0.15, -0.1) is 0 Å². The highest BCUT2D eigenvalue weighted by atomic mass is 19.1. The molecule has 0 amide bonds. The lowest BCUT2D eigenvalue weighted by atomic mass is 9.87. The average Bonchev–Trinajstić information content (AvgIpc) is 3.09. The highest BCUT2D eigenvalue weighted by molar-refractivity contribution is 5.85. The number of carbonyl (C=O) groups excluding carboxylic acids is 1. The maximum atomic E-state index is 14.2. The van der Waals surface area contributed by atoms with Crippen molar-refractivity contribution in [3.8, 4) is 0 Å². The van der Waals surface area contributed by atoms with E-state index in [1.807, 2.05) is 24.3 Å². The molecule has 0 bridgehead atoms. The number of halogens is 3. The molecule has 0 unspecified atom stereocenters. The fourth-order valence-electron chi connectivity index (χ4n) is 4.36. The first-order chi connectivity index (χ1) is 14.9. The number of hydrogen-bond donors (Lipinski definition) is 1. The van der Waals surface area contributed by atoms with Gasteiger partial charge in [-0.1, -0.05) is 37.3 Å². The number of rotatable bonds is 7. The Labute approximate surface area is 179 Å². The third-order valence-electron chi connectivity index (χ3n) is 6.04. The van der Waals surface area contributed by atoms with Crippen molar-refractivity contribution in [3.63, 3.8) is 0 Å². The van der Waals surface area contributed by atoms with Crippen molar-refractivity contribution in [1.29, 1.82) is 0 Å². The molecule has 0 fully saturated rings. The van der Waals surface area contributed by atoms with Crippen molar-refractivity contribution in [3.05, 3.63) is 101 Å². The van der Waals surface area contributed by atoms with Crippen LogP contribution < -0.4 is 5.32 Å².